The van der Waals surface area contributed by atoms with Crippen molar-refractivity contribution in [2.24, 2.45) is 0 Å². The van der Waals surface area contributed by atoms with E-state index in [4.69, 9.17) is 0 Å². The smallest absolute Gasteiger partial charge is 0.358 e. The van der Waals surface area contributed by atoms with E-state index < -0.39 is 30.9 Å². The average Bonchev–Trinajstić information content (AvgIpc) is 1.97. The minimum Gasteiger partial charge on any atom is -0.506 e. The SMILES string of the molecule is Cc1cc(O)c(S(=O)(=O)C(C)(C)C)c(=O)o1. The zero-order valence-electron chi connectivity index (χ0n) is 9.57. The van der Waals surface area contributed by atoms with Crippen molar-refractivity contribution >= 4 is 9.84 Å². The first-order chi connectivity index (χ1) is 7.07. The summed E-state index contributed by atoms with van der Waals surface area (Å²) in [7, 11) is -3.91. The summed E-state index contributed by atoms with van der Waals surface area (Å²) in [6.45, 7) is 5.79. The highest BCUT2D eigenvalue weighted by Crippen LogP contribution is 2.28. The molecular weight excluding hydrogens is 232 g/mol. The van der Waals surface area contributed by atoms with E-state index in [1.807, 2.05) is 0 Å². The zero-order chi connectivity index (χ0) is 12.7. The van der Waals surface area contributed by atoms with E-state index in [-0.39, 0.29) is 5.76 Å². The number of hydrogen-bond acceptors (Lipinski definition) is 5. The molecule has 0 unspecified atom stereocenters. The van der Waals surface area contributed by atoms with Crippen LogP contribution in [0.3, 0.4) is 0 Å². The fourth-order valence-corrected chi connectivity index (χ4v) is 2.35. The van der Waals surface area contributed by atoms with Gasteiger partial charge in [0.2, 0.25) is 0 Å². The summed E-state index contributed by atoms with van der Waals surface area (Å²) in [6.07, 6.45) is 0. The van der Waals surface area contributed by atoms with Crippen LogP contribution < -0.4 is 5.63 Å². The van der Waals surface area contributed by atoms with Crippen LogP contribution in [0.2, 0.25) is 0 Å². The molecule has 1 aromatic heterocycles. The first kappa shape index (κ1) is 12.8. The van der Waals surface area contributed by atoms with Crippen molar-refractivity contribution in [2.45, 2.75) is 37.3 Å². The summed E-state index contributed by atoms with van der Waals surface area (Å²) in [5.41, 5.74) is -1.03. The maximum atomic E-state index is 12.0. The van der Waals surface area contributed by atoms with E-state index in [1.54, 1.807) is 0 Å². The Kier molecular flexibility index (Phi) is 2.89. The van der Waals surface area contributed by atoms with Crippen molar-refractivity contribution in [3.05, 3.63) is 22.2 Å². The molecule has 0 amide bonds. The van der Waals surface area contributed by atoms with Gasteiger partial charge in [-0.05, 0) is 27.7 Å². The van der Waals surface area contributed by atoms with E-state index in [9.17, 15) is 18.3 Å². The van der Waals surface area contributed by atoms with Crippen molar-refractivity contribution in [3.8, 4) is 5.75 Å². The molecule has 0 radical (unpaired) electrons. The molecule has 1 heterocycles. The highest BCUT2D eigenvalue weighted by Gasteiger charge is 2.36. The molecular formula is C10H14O5S. The van der Waals surface area contributed by atoms with Crippen molar-refractivity contribution in [1.82, 2.24) is 0 Å². The Morgan fingerprint density at radius 3 is 2.19 bits per heavy atom. The van der Waals surface area contributed by atoms with Crippen LogP contribution >= 0.6 is 0 Å². The molecule has 90 valence electrons. The predicted octanol–water partition coefficient (Wildman–Crippen LogP) is 1.23. The Bertz CT molecular complexity index is 560. The molecule has 0 aliphatic heterocycles. The molecule has 0 bridgehead atoms. The summed E-state index contributed by atoms with van der Waals surface area (Å²) in [4.78, 5) is 10.8. The third kappa shape index (κ3) is 1.97. The predicted molar refractivity (Wildman–Crippen MR) is 58.3 cm³/mol. The summed E-state index contributed by atoms with van der Waals surface area (Å²) in [5, 5.41) is 9.53. The zero-order valence-corrected chi connectivity index (χ0v) is 10.4. The molecule has 0 fully saturated rings. The number of sulfone groups is 1. The fraction of sp³-hybridized carbons (Fsp3) is 0.500. The lowest BCUT2D eigenvalue weighted by atomic mass is 10.3. The molecule has 6 heteroatoms. The van der Waals surface area contributed by atoms with Crippen LogP contribution in [0.25, 0.3) is 0 Å². The number of aryl methyl sites for hydroxylation is 1. The van der Waals surface area contributed by atoms with Crippen LogP contribution in [0.4, 0.5) is 0 Å². The second-order valence-corrected chi connectivity index (χ2v) is 7.11. The quantitative estimate of drug-likeness (QED) is 0.805. The lowest BCUT2D eigenvalue weighted by Crippen LogP contribution is -2.31. The first-order valence-electron chi connectivity index (χ1n) is 4.65. The second kappa shape index (κ2) is 3.62. The van der Waals surface area contributed by atoms with Crippen LogP contribution in [0, 0.1) is 6.92 Å². The minimum atomic E-state index is -3.91. The van der Waals surface area contributed by atoms with Crippen LogP contribution in [0.15, 0.2) is 20.2 Å². The Labute approximate surface area is 93.6 Å². The number of hydrogen-bond donors (Lipinski definition) is 1. The van der Waals surface area contributed by atoms with E-state index in [2.05, 4.69) is 4.42 Å². The van der Waals surface area contributed by atoms with Gasteiger partial charge in [-0.25, -0.2) is 13.2 Å². The summed E-state index contributed by atoms with van der Waals surface area (Å²) < 4.78 is 27.5. The summed E-state index contributed by atoms with van der Waals surface area (Å²) in [5.74, 6) is -0.404. The topological polar surface area (TPSA) is 84.6 Å². The second-order valence-electron chi connectivity index (χ2n) is 4.47. The van der Waals surface area contributed by atoms with Crippen molar-refractivity contribution < 1.29 is 17.9 Å². The maximum absolute atomic E-state index is 12.0. The Balaban J connectivity index is 3.66. The third-order valence-corrected chi connectivity index (χ3v) is 4.61. The molecule has 0 aliphatic rings. The van der Waals surface area contributed by atoms with Crippen LogP contribution in [0.5, 0.6) is 5.75 Å². The van der Waals surface area contributed by atoms with Crippen molar-refractivity contribution in [2.75, 3.05) is 0 Å². The third-order valence-electron chi connectivity index (χ3n) is 2.09. The molecule has 0 aliphatic carbocycles. The molecule has 16 heavy (non-hydrogen) atoms. The van der Waals surface area contributed by atoms with Crippen LogP contribution in [-0.4, -0.2) is 18.3 Å². The molecule has 5 nitrogen and oxygen atoms in total. The van der Waals surface area contributed by atoms with Gasteiger partial charge in [-0.15, -0.1) is 0 Å². The number of aromatic hydroxyl groups is 1. The molecule has 0 aromatic carbocycles. The van der Waals surface area contributed by atoms with Gasteiger partial charge in [0.05, 0.1) is 4.75 Å². The molecule has 0 saturated heterocycles. The van der Waals surface area contributed by atoms with Gasteiger partial charge >= 0.3 is 5.63 Å². The highest BCUT2D eigenvalue weighted by atomic mass is 32.2. The fourth-order valence-electron chi connectivity index (χ4n) is 1.14. The van der Waals surface area contributed by atoms with Gasteiger partial charge in [-0.2, -0.15) is 0 Å². The van der Waals surface area contributed by atoms with Crippen LogP contribution in [0.1, 0.15) is 26.5 Å². The van der Waals surface area contributed by atoms with Crippen molar-refractivity contribution in [3.63, 3.8) is 0 Å². The molecule has 0 atom stereocenters. The van der Waals surface area contributed by atoms with E-state index in [1.165, 1.54) is 27.7 Å². The van der Waals surface area contributed by atoms with Gasteiger partial charge in [0.15, 0.2) is 14.7 Å². The largest absolute Gasteiger partial charge is 0.506 e. The normalized spacial score (nSPS) is 12.8. The Morgan fingerprint density at radius 2 is 1.81 bits per heavy atom. The van der Waals surface area contributed by atoms with Gasteiger partial charge in [-0.1, -0.05) is 0 Å². The van der Waals surface area contributed by atoms with E-state index in [0.29, 0.717) is 0 Å². The number of rotatable bonds is 1. The van der Waals surface area contributed by atoms with Gasteiger partial charge in [0.25, 0.3) is 0 Å². The summed E-state index contributed by atoms with van der Waals surface area (Å²) >= 11 is 0. The molecule has 1 aromatic rings. The molecule has 0 spiro atoms. The Morgan fingerprint density at radius 1 is 1.31 bits per heavy atom. The standard InChI is InChI=1S/C10H14O5S/c1-6-5-7(11)8(9(12)15-6)16(13,14)10(2,3)4/h5,11H,1-4H3. The monoisotopic (exact) mass is 246 g/mol. The van der Waals surface area contributed by atoms with E-state index >= 15 is 0 Å². The molecule has 1 rings (SSSR count). The first-order valence-corrected chi connectivity index (χ1v) is 6.14. The molecule has 1 N–H and O–H groups in total. The van der Waals surface area contributed by atoms with Crippen molar-refractivity contribution in [1.29, 1.82) is 0 Å². The van der Waals surface area contributed by atoms with Crippen LogP contribution in [-0.2, 0) is 9.84 Å². The van der Waals surface area contributed by atoms with Gasteiger partial charge in [-0.3, -0.25) is 0 Å². The lowest BCUT2D eigenvalue weighted by Gasteiger charge is -2.18. The maximum Gasteiger partial charge on any atom is 0.358 e. The Hall–Kier alpha value is -1.30. The van der Waals surface area contributed by atoms with Gasteiger partial charge in [0.1, 0.15) is 11.5 Å². The average molecular weight is 246 g/mol. The van der Waals surface area contributed by atoms with Gasteiger partial charge < -0.3 is 9.52 Å². The van der Waals surface area contributed by atoms with Gasteiger partial charge in [0, 0.05) is 6.07 Å². The summed E-state index contributed by atoms with van der Waals surface area (Å²) in [6, 6.07) is 1.11. The lowest BCUT2D eigenvalue weighted by molar-refractivity contribution is 0.405. The minimum absolute atomic E-state index is 0.162. The highest BCUT2D eigenvalue weighted by molar-refractivity contribution is 7.92. The van der Waals surface area contributed by atoms with E-state index in [0.717, 1.165) is 6.07 Å². The molecule has 0 saturated carbocycles.